The van der Waals surface area contributed by atoms with Crippen LogP contribution < -0.4 is 0 Å². The Morgan fingerprint density at radius 3 is 1.52 bits per heavy atom. The monoisotopic (exact) mass is 360 g/mol. The Hall–Kier alpha value is -0.560. The highest BCUT2D eigenvalue weighted by molar-refractivity contribution is 7.81. The van der Waals surface area contributed by atoms with Gasteiger partial charge in [-0.25, -0.2) is 8.37 Å². The summed E-state index contributed by atoms with van der Waals surface area (Å²) in [5.74, 6) is 0. The molecule has 1 rings (SSSR count). The van der Waals surface area contributed by atoms with Crippen molar-refractivity contribution in [3.05, 3.63) is 21.9 Å². The zero-order valence-electron chi connectivity index (χ0n) is 11.3. The van der Waals surface area contributed by atoms with Crippen LogP contribution in [0.4, 0.5) is 0 Å². The second-order valence-corrected chi connectivity index (χ2v) is 6.96. The van der Waals surface area contributed by atoms with Gasteiger partial charge in [0.1, 0.15) is 12.2 Å². The molecule has 0 spiro atoms. The number of rotatable bonds is 8. The van der Waals surface area contributed by atoms with E-state index in [1.165, 1.54) is 11.3 Å². The average Bonchev–Trinajstić information content (AvgIpc) is 2.79. The van der Waals surface area contributed by atoms with Gasteiger partial charge in [0.05, 0.1) is 0 Å². The molecule has 2 N–H and O–H groups in total. The lowest BCUT2D eigenvalue weighted by Gasteiger charge is -2.19. The maximum Gasteiger partial charge on any atom is 0.397 e. The van der Waals surface area contributed by atoms with Crippen molar-refractivity contribution in [1.29, 1.82) is 0 Å². The molecule has 0 amide bonds. The summed E-state index contributed by atoms with van der Waals surface area (Å²) in [6.07, 6.45) is -1.49. The molecule has 11 heteroatoms. The minimum atomic E-state index is -4.65. The fourth-order valence-electron chi connectivity index (χ4n) is 1.81. The first-order chi connectivity index (χ1) is 9.57. The van der Waals surface area contributed by atoms with Crippen LogP contribution in [0.3, 0.4) is 0 Å². The van der Waals surface area contributed by atoms with Crippen LogP contribution in [0.5, 0.6) is 0 Å². The van der Waals surface area contributed by atoms with E-state index in [4.69, 9.17) is 9.11 Å². The lowest BCUT2D eigenvalue weighted by Crippen LogP contribution is -2.15. The van der Waals surface area contributed by atoms with Crippen LogP contribution in [0.2, 0.25) is 0 Å². The molecule has 2 unspecified atom stereocenters. The Balaban J connectivity index is 3.14. The molecule has 0 fully saturated rings. The van der Waals surface area contributed by atoms with Gasteiger partial charge in [0.25, 0.3) is 0 Å². The lowest BCUT2D eigenvalue weighted by atomic mass is 10.0. The summed E-state index contributed by atoms with van der Waals surface area (Å²) in [5, 5.41) is 3.15. The van der Waals surface area contributed by atoms with Crippen molar-refractivity contribution in [2.24, 2.45) is 0 Å². The van der Waals surface area contributed by atoms with Gasteiger partial charge in [-0.05, 0) is 34.7 Å². The van der Waals surface area contributed by atoms with Crippen molar-refractivity contribution >= 4 is 32.1 Å². The second kappa shape index (κ2) is 7.13. The molecule has 0 aliphatic heterocycles. The molecule has 0 aliphatic carbocycles. The Kier molecular flexibility index (Phi) is 6.28. The summed E-state index contributed by atoms with van der Waals surface area (Å²) in [6, 6.07) is 0. The van der Waals surface area contributed by atoms with Crippen molar-refractivity contribution in [3.8, 4) is 0 Å². The van der Waals surface area contributed by atoms with Crippen molar-refractivity contribution in [3.63, 3.8) is 0 Å². The standard InChI is InChI=1S/C10H16O8S3/c1-3-9(17-20(11,12)13)7-5-19-6-8(7)10(4-2)18-21(14,15)16/h5-6,9-10H,3-4H2,1-2H3,(H,11,12,13)(H,14,15,16). The highest BCUT2D eigenvalue weighted by Crippen LogP contribution is 2.35. The van der Waals surface area contributed by atoms with Gasteiger partial charge in [-0.1, -0.05) is 13.8 Å². The van der Waals surface area contributed by atoms with Gasteiger partial charge < -0.3 is 0 Å². The van der Waals surface area contributed by atoms with Gasteiger partial charge >= 0.3 is 20.8 Å². The third-order valence-electron chi connectivity index (χ3n) is 2.63. The molecule has 1 aromatic heterocycles. The van der Waals surface area contributed by atoms with Crippen molar-refractivity contribution in [2.45, 2.75) is 38.9 Å². The van der Waals surface area contributed by atoms with E-state index >= 15 is 0 Å². The van der Waals surface area contributed by atoms with E-state index in [9.17, 15) is 16.8 Å². The van der Waals surface area contributed by atoms with E-state index in [2.05, 4.69) is 8.37 Å². The van der Waals surface area contributed by atoms with Crippen LogP contribution in [0.1, 0.15) is 50.0 Å². The summed E-state index contributed by atoms with van der Waals surface area (Å²) in [7, 11) is -9.30. The van der Waals surface area contributed by atoms with Crippen molar-refractivity contribution < 1.29 is 34.3 Å². The molecule has 0 saturated heterocycles. The van der Waals surface area contributed by atoms with Gasteiger partial charge in [-0.3, -0.25) is 9.11 Å². The first-order valence-corrected chi connectivity index (χ1v) is 9.62. The van der Waals surface area contributed by atoms with E-state index in [0.29, 0.717) is 11.1 Å². The Labute approximate surface area is 127 Å². The van der Waals surface area contributed by atoms with Crippen LogP contribution in [-0.2, 0) is 29.2 Å². The quantitative estimate of drug-likeness (QED) is 0.676. The van der Waals surface area contributed by atoms with Crippen molar-refractivity contribution in [2.75, 3.05) is 0 Å². The molecule has 0 radical (unpaired) electrons. The number of hydrogen-bond acceptors (Lipinski definition) is 7. The highest BCUT2D eigenvalue weighted by Gasteiger charge is 2.27. The molecule has 2 atom stereocenters. The predicted octanol–water partition coefficient (Wildman–Crippen LogP) is 2.29. The van der Waals surface area contributed by atoms with Gasteiger partial charge in [0, 0.05) is 0 Å². The SMILES string of the molecule is CCC(OS(=O)(=O)O)c1cscc1C(CC)OS(=O)(=O)O. The maximum absolute atomic E-state index is 10.8. The van der Waals surface area contributed by atoms with Gasteiger partial charge in [-0.15, -0.1) is 0 Å². The molecule has 0 saturated carbocycles. The highest BCUT2D eigenvalue weighted by atomic mass is 32.3. The molecule has 8 nitrogen and oxygen atoms in total. The van der Waals surface area contributed by atoms with E-state index in [0.717, 1.165) is 0 Å². The van der Waals surface area contributed by atoms with E-state index < -0.39 is 33.0 Å². The lowest BCUT2D eigenvalue weighted by molar-refractivity contribution is 0.160. The fraction of sp³-hybridized carbons (Fsp3) is 0.600. The third-order valence-corrected chi connectivity index (χ3v) is 4.37. The Bertz CT molecular complexity index is 604. The summed E-state index contributed by atoms with van der Waals surface area (Å²) in [6.45, 7) is 3.28. The summed E-state index contributed by atoms with van der Waals surface area (Å²) >= 11 is 1.19. The largest absolute Gasteiger partial charge is 0.397 e. The summed E-state index contributed by atoms with van der Waals surface area (Å²) in [4.78, 5) is 0. The van der Waals surface area contributed by atoms with Crippen LogP contribution in [0.25, 0.3) is 0 Å². The molecular formula is C10H16O8S3. The van der Waals surface area contributed by atoms with Crippen LogP contribution >= 0.6 is 11.3 Å². The molecule has 0 bridgehead atoms. The van der Waals surface area contributed by atoms with Gasteiger partial charge in [0.2, 0.25) is 0 Å². The van der Waals surface area contributed by atoms with E-state index in [-0.39, 0.29) is 12.8 Å². The second-order valence-electron chi connectivity index (χ2n) is 4.12. The fourth-order valence-corrected chi connectivity index (χ4v) is 3.82. The van der Waals surface area contributed by atoms with E-state index in [1.807, 2.05) is 0 Å². The predicted molar refractivity (Wildman–Crippen MR) is 75.7 cm³/mol. The first-order valence-electron chi connectivity index (χ1n) is 5.94. The topological polar surface area (TPSA) is 127 Å². The molecule has 0 aromatic carbocycles. The Morgan fingerprint density at radius 1 is 0.952 bits per heavy atom. The molecule has 21 heavy (non-hydrogen) atoms. The van der Waals surface area contributed by atoms with Gasteiger partial charge in [-0.2, -0.15) is 28.2 Å². The van der Waals surface area contributed by atoms with Gasteiger partial charge in [0.15, 0.2) is 0 Å². The summed E-state index contributed by atoms with van der Waals surface area (Å²) < 4.78 is 70.1. The zero-order chi connectivity index (χ0) is 16.3. The normalized spacial score (nSPS) is 15.8. The maximum atomic E-state index is 10.8. The number of thiophene rings is 1. The van der Waals surface area contributed by atoms with Crippen LogP contribution in [0.15, 0.2) is 10.8 Å². The Morgan fingerprint density at radius 2 is 1.29 bits per heavy atom. The minimum Gasteiger partial charge on any atom is -0.264 e. The molecule has 1 aromatic rings. The van der Waals surface area contributed by atoms with Crippen LogP contribution in [-0.4, -0.2) is 25.9 Å². The number of hydrogen-bond donors (Lipinski definition) is 2. The molecule has 0 aliphatic rings. The molecular weight excluding hydrogens is 344 g/mol. The molecule has 1 heterocycles. The third kappa shape index (κ3) is 5.98. The van der Waals surface area contributed by atoms with E-state index in [1.54, 1.807) is 24.6 Å². The molecule has 122 valence electrons. The minimum absolute atomic E-state index is 0.228. The zero-order valence-corrected chi connectivity index (χ0v) is 13.7. The average molecular weight is 360 g/mol. The smallest absolute Gasteiger partial charge is 0.264 e. The first kappa shape index (κ1) is 18.5. The van der Waals surface area contributed by atoms with Crippen LogP contribution in [0, 0.1) is 0 Å². The van der Waals surface area contributed by atoms with Crippen molar-refractivity contribution in [1.82, 2.24) is 0 Å². The summed E-state index contributed by atoms with van der Waals surface area (Å²) in [5.41, 5.74) is 0.770.